The van der Waals surface area contributed by atoms with Crippen LogP contribution in [0.25, 0.3) is 0 Å². The zero-order valence-corrected chi connectivity index (χ0v) is 12.3. The SMILES string of the molecule is CC1CN2CCCC2CN1c1ncc(CBr)cn1. The number of piperazine rings is 1. The van der Waals surface area contributed by atoms with E-state index in [-0.39, 0.29) is 0 Å². The second-order valence-electron chi connectivity index (χ2n) is 5.32. The van der Waals surface area contributed by atoms with Gasteiger partial charge in [-0.25, -0.2) is 9.97 Å². The van der Waals surface area contributed by atoms with E-state index in [1.807, 2.05) is 12.4 Å². The Balaban J connectivity index is 1.77. The Morgan fingerprint density at radius 1 is 1.33 bits per heavy atom. The number of hydrogen-bond acceptors (Lipinski definition) is 4. The second-order valence-corrected chi connectivity index (χ2v) is 5.88. The van der Waals surface area contributed by atoms with Gasteiger partial charge in [-0.15, -0.1) is 0 Å². The van der Waals surface area contributed by atoms with Crippen molar-refractivity contribution in [2.24, 2.45) is 0 Å². The molecule has 3 rings (SSSR count). The monoisotopic (exact) mass is 310 g/mol. The molecule has 0 aliphatic carbocycles. The van der Waals surface area contributed by atoms with Crippen LogP contribution in [-0.4, -0.2) is 46.6 Å². The van der Waals surface area contributed by atoms with Crippen LogP contribution in [0.2, 0.25) is 0 Å². The van der Waals surface area contributed by atoms with Crippen molar-refractivity contribution in [1.82, 2.24) is 14.9 Å². The van der Waals surface area contributed by atoms with E-state index >= 15 is 0 Å². The van der Waals surface area contributed by atoms with Crippen LogP contribution in [0.4, 0.5) is 5.95 Å². The standard InChI is InChI=1S/C13H19BrN4/c1-10-8-17-4-2-3-12(17)9-18(10)13-15-6-11(5-14)7-16-13/h6-7,10,12H,2-5,8-9H2,1H3. The summed E-state index contributed by atoms with van der Waals surface area (Å²) >= 11 is 3.43. The van der Waals surface area contributed by atoms with E-state index in [9.17, 15) is 0 Å². The third-order valence-electron chi connectivity index (χ3n) is 4.04. The molecule has 1 aromatic heterocycles. The van der Waals surface area contributed by atoms with Crippen molar-refractivity contribution in [2.45, 2.75) is 37.2 Å². The molecule has 0 radical (unpaired) electrons. The molecule has 0 bridgehead atoms. The van der Waals surface area contributed by atoms with Crippen molar-refractivity contribution >= 4 is 21.9 Å². The quantitative estimate of drug-likeness (QED) is 0.783. The average Bonchev–Trinajstić information content (AvgIpc) is 2.85. The van der Waals surface area contributed by atoms with E-state index in [1.54, 1.807) is 0 Å². The molecular formula is C13H19BrN4. The lowest BCUT2D eigenvalue weighted by Crippen LogP contribution is -2.55. The number of fused-ring (bicyclic) bond motifs is 1. The predicted octanol–water partition coefficient (Wildman–Crippen LogP) is 2.04. The van der Waals surface area contributed by atoms with E-state index in [2.05, 4.69) is 42.6 Å². The topological polar surface area (TPSA) is 32.3 Å². The first-order valence-corrected chi connectivity index (χ1v) is 7.77. The summed E-state index contributed by atoms with van der Waals surface area (Å²) in [5.74, 6) is 0.888. The first-order chi connectivity index (χ1) is 8.78. The fourth-order valence-corrected chi connectivity index (χ4v) is 3.32. The zero-order chi connectivity index (χ0) is 12.5. The van der Waals surface area contributed by atoms with Crippen molar-refractivity contribution in [3.8, 4) is 0 Å². The third kappa shape index (κ3) is 2.26. The first kappa shape index (κ1) is 12.4. The van der Waals surface area contributed by atoms with Gasteiger partial charge in [0.25, 0.3) is 0 Å². The van der Waals surface area contributed by atoms with Crippen LogP contribution in [0.5, 0.6) is 0 Å². The molecule has 0 saturated carbocycles. The van der Waals surface area contributed by atoms with E-state index in [1.165, 1.54) is 19.4 Å². The predicted molar refractivity (Wildman–Crippen MR) is 76.1 cm³/mol. The Kier molecular flexibility index (Phi) is 3.52. The van der Waals surface area contributed by atoms with Crippen molar-refractivity contribution in [3.63, 3.8) is 0 Å². The van der Waals surface area contributed by atoms with Crippen molar-refractivity contribution in [1.29, 1.82) is 0 Å². The van der Waals surface area contributed by atoms with Gasteiger partial charge in [0.2, 0.25) is 5.95 Å². The fourth-order valence-electron chi connectivity index (χ4n) is 3.03. The Labute approximate surface area is 117 Å². The first-order valence-electron chi connectivity index (χ1n) is 6.65. The van der Waals surface area contributed by atoms with Gasteiger partial charge in [0, 0.05) is 42.9 Å². The van der Waals surface area contributed by atoms with Crippen LogP contribution < -0.4 is 4.90 Å². The maximum Gasteiger partial charge on any atom is 0.225 e. The molecule has 98 valence electrons. The van der Waals surface area contributed by atoms with Gasteiger partial charge in [0.15, 0.2) is 0 Å². The van der Waals surface area contributed by atoms with Gasteiger partial charge in [-0.1, -0.05) is 15.9 Å². The van der Waals surface area contributed by atoms with Gasteiger partial charge >= 0.3 is 0 Å². The third-order valence-corrected chi connectivity index (χ3v) is 4.69. The molecule has 0 aromatic carbocycles. The highest BCUT2D eigenvalue weighted by Crippen LogP contribution is 2.26. The maximum absolute atomic E-state index is 4.50. The van der Waals surface area contributed by atoms with Gasteiger partial charge in [-0.2, -0.15) is 0 Å². The van der Waals surface area contributed by atoms with E-state index in [4.69, 9.17) is 0 Å². The lowest BCUT2D eigenvalue weighted by Gasteiger charge is -2.42. The van der Waals surface area contributed by atoms with Crippen molar-refractivity contribution < 1.29 is 0 Å². The molecule has 0 amide bonds. The van der Waals surface area contributed by atoms with Gasteiger partial charge in [-0.05, 0) is 31.9 Å². The molecule has 2 unspecified atom stereocenters. The molecule has 18 heavy (non-hydrogen) atoms. The van der Waals surface area contributed by atoms with Crippen LogP contribution in [-0.2, 0) is 5.33 Å². The lowest BCUT2D eigenvalue weighted by atomic mass is 10.1. The number of hydrogen-bond donors (Lipinski definition) is 0. The van der Waals surface area contributed by atoms with Gasteiger partial charge in [0.1, 0.15) is 0 Å². The van der Waals surface area contributed by atoms with Crippen molar-refractivity contribution in [2.75, 3.05) is 24.5 Å². The molecule has 4 nitrogen and oxygen atoms in total. The fraction of sp³-hybridized carbons (Fsp3) is 0.692. The summed E-state index contributed by atoms with van der Waals surface area (Å²) in [6.45, 7) is 5.77. The maximum atomic E-state index is 4.50. The summed E-state index contributed by atoms with van der Waals surface area (Å²) in [6, 6.07) is 1.22. The molecule has 2 aliphatic heterocycles. The molecule has 5 heteroatoms. The molecule has 2 aliphatic rings. The van der Waals surface area contributed by atoms with Gasteiger partial charge in [-0.3, -0.25) is 4.90 Å². The molecular weight excluding hydrogens is 292 g/mol. The summed E-state index contributed by atoms with van der Waals surface area (Å²) in [5.41, 5.74) is 1.13. The number of rotatable bonds is 2. The Bertz CT molecular complexity index is 408. The average molecular weight is 311 g/mol. The Hall–Kier alpha value is -0.680. The zero-order valence-electron chi connectivity index (χ0n) is 10.7. The second kappa shape index (κ2) is 5.13. The number of nitrogens with zero attached hydrogens (tertiary/aromatic N) is 4. The van der Waals surface area contributed by atoms with Gasteiger partial charge in [0.05, 0.1) is 0 Å². The smallest absolute Gasteiger partial charge is 0.225 e. The molecule has 2 atom stereocenters. The van der Waals surface area contributed by atoms with Crippen LogP contribution in [0.1, 0.15) is 25.3 Å². The van der Waals surface area contributed by atoms with Crippen LogP contribution >= 0.6 is 15.9 Å². The summed E-state index contributed by atoms with van der Waals surface area (Å²) in [6.07, 6.45) is 6.51. The van der Waals surface area contributed by atoms with Gasteiger partial charge < -0.3 is 4.90 Å². The number of alkyl halides is 1. The summed E-state index contributed by atoms with van der Waals surface area (Å²) in [5, 5.41) is 0.819. The number of aromatic nitrogens is 2. The van der Waals surface area contributed by atoms with Crippen LogP contribution in [0, 0.1) is 0 Å². The lowest BCUT2D eigenvalue weighted by molar-refractivity contribution is 0.201. The van der Waals surface area contributed by atoms with Crippen LogP contribution in [0.15, 0.2) is 12.4 Å². The minimum absolute atomic E-state index is 0.508. The largest absolute Gasteiger partial charge is 0.335 e. The number of anilines is 1. The molecule has 1 aromatic rings. The highest BCUT2D eigenvalue weighted by atomic mass is 79.9. The summed E-state index contributed by atoms with van der Waals surface area (Å²) in [4.78, 5) is 14.0. The van der Waals surface area contributed by atoms with E-state index in [0.29, 0.717) is 12.1 Å². The summed E-state index contributed by atoms with van der Waals surface area (Å²) in [7, 11) is 0. The normalized spacial score (nSPS) is 28.4. The Morgan fingerprint density at radius 2 is 2.11 bits per heavy atom. The minimum atomic E-state index is 0.508. The molecule has 0 spiro atoms. The highest BCUT2D eigenvalue weighted by Gasteiger charge is 2.35. The van der Waals surface area contributed by atoms with Crippen molar-refractivity contribution in [3.05, 3.63) is 18.0 Å². The van der Waals surface area contributed by atoms with Crippen LogP contribution in [0.3, 0.4) is 0 Å². The molecule has 2 fully saturated rings. The summed E-state index contributed by atoms with van der Waals surface area (Å²) < 4.78 is 0. The minimum Gasteiger partial charge on any atom is -0.335 e. The molecule has 0 N–H and O–H groups in total. The Morgan fingerprint density at radius 3 is 2.83 bits per heavy atom. The molecule has 2 saturated heterocycles. The highest BCUT2D eigenvalue weighted by molar-refractivity contribution is 9.08. The van der Waals surface area contributed by atoms with E-state index < -0.39 is 0 Å². The number of halogens is 1. The van der Waals surface area contributed by atoms with E-state index in [0.717, 1.165) is 29.9 Å². The molecule has 3 heterocycles.